The Hall–Kier alpha value is -2.67. The van der Waals surface area contributed by atoms with E-state index in [1.807, 2.05) is 0 Å². The molecule has 7 nitrogen and oxygen atoms in total. The van der Waals surface area contributed by atoms with Crippen LogP contribution < -0.4 is 9.64 Å². The second-order valence-electron chi connectivity index (χ2n) is 6.44. The molecule has 0 radical (unpaired) electrons. The summed E-state index contributed by atoms with van der Waals surface area (Å²) in [6.45, 7) is 5.48. The van der Waals surface area contributed by atoms with Gasteiger partial charge >= 0.3 is 6.09 Å². The molecule has 0 aliphatic heterocycles. The van der Waals surface area contributed by atoms with E-state index in [9.17, 15) is 9.59 Å². The molecule has 2 heterocycles. The molecule has 0 bridgehead atoms. The van der Waals surface area contributed by atoms with E-state index >= 15 is 0 Å². The molecule has 0 aliphatic carbocycles. The van der Waals surface area contributed by atoms with Crippen molar-refractivity contribution in [1.82, 2.24) is 9.97 Å². The van der Waals surface area contributed by atoms with Gasteiger partial charge < -0.3 is 9.47 Å². The molecule has 8 heteroatoms. The fourth-order valence-corrected chi connectivity index (χ4v) is 2.23. The second kappa shape index (κ2) is 8.14. The van der Waals surface area contributed by atoms with Gasteiger partial charge in [0, 0.05) is 12.3 Å². The molecule has 0 unspecified atom stereocenters. The number of pyridine rings is 2. The molecule has 26 heavy (non-hydrogen) atoms. The highest BCUT2D eigenvalue weighted by atomic mass is 35.5. The third-order valence-corrected chi connectivity index (χ3v) is 3.53. The van der Waals surface area contributed by atoms with E-state index in [2.05, 4.69) is 9.97 Å². The molecule has 0 atom stereocenters. The Morgan fingerprint density at radius 1 is 1.27 bits per heavy atom. The van der Waals surface area contributed by atoms with E-state index in [-0.39, 0.29) is 23.1 Å². The van der Waals surface area contributed by atoms with E-state index in [1.54, 1.807) is 39.1 Å². The number of hydrogen-bond donors (Lipinski definition) is 0. The molecule has 0 saturated carbocycles. The number of anilines is 1. The van der Waals surface area contributed by atoms with Gasteiger partial charge in [0.05, 0.1) is 19.2 Å². The van der Waals surface area contributed by atoms with Gasteiger partial charge in [-0.1, -0.05) is 17.7 Å². The summed E-state index contributed by atoms with van der Waals surface area (Å²) in [4.78, 5) is 33.2. The summed E-state index contributed by atoms with van der Waals surface area (Å²) in [6, 6.07) is 6.51. The van der Waals surface area contributed by atoms with Gasteiger partial charge in [-0.05, 0) is 38.5 Å². The normalized spacial score (nSPS) is 11.0. The number of hydrogen-bond acceptors (Lipinski definition) is 6. The Bertz CT molecular complexity index is 788. The summed E-state index contributed by atoms with van der Waals surface area (Å²) in [6.07, 6.45) is 1.61. The van der Waals surface area contributed by atoms with E-state index < -0.39 is 11.7 Å². The number of halogens is 1. The van der Waals surface area contributed by atoms with Crippen LogP contribution in [0.3, 0.4) is 0 Å². The van der Waals surface area contributed by atoms with Crippen molar-refractivity contribution in [1.29, 1.82) is 0 Å². The topological polar surface area (TPSA) is 81.6 Å². The fraction of sp³-hybridized carbons (Fsp3) is 0.333. The van der Waals surface area contributed by atoms with Gasteiger partial charge in [0.15, 0.2) is 6.29 Å². The molecule has 0 fully saturated rings. The van der Waals surface area contributed by atoms with Gasteiger partial charge in [0.1, 0.15) is 16.6 Å². The van der Waals surface area contributed by atoms with Gasteiger partial charge in [0.25, 0.3) is 0 Å². The average molecular weight is 378 g/mol. The highest BCUT2D eigenvalue weighted by Gasteiger charge is 2.25. The number of nitrogens with zero attached hydrogens (tertiary/aromatic N) is 3. The second-order valence-corrected chi connectivity index (χ2v) is 6.80. The predicted octanol–water partition coefficient (Wildman–Crippen LogP) is 3.89. The van der Waals surface area contributed by atoms with Crippen molar-refractivity contribution in [2.75, 3.05) is 12.0 Å². The van der Waals surface area contributed by atoms with E-state index in [1.165, 1.54) is 24.1 Å². The first kappa shape index (κ1) is 19.7. The molecular formula is C18H20ClN3O4. The van der Waals surface area contributed by atoms with E-state index in [0.29, 0.717) is 12.2 Å². The minimum absolute atomic E-state index is 0.0129. The summed E-state index contributed by atoms with van der Waals surface area (Å²) in [5, 5.41) is 0.0129. The predicted molar refractivity (Wildman–Crippen MR) is 97.8 cm³/mol. The van der Waals surface area contributed by atoms with Crippen LogP contribution in [0.15, 0.2) is 30.5 Å². The third kappa shape index (κ3) is 5.16. The van der Waals surface area contributed by atoms with Crippen molar-refractivity contribution in [3.05, 3.63) is 46.7 Å². The number of rotatable bonds is 5. The van der Waals surface area contributed by atoms with Crippen LogP contribution in [-0.4, -0.2) is 35.1 Å². The first-order valence-corrected chi connectivity index (χ1v) is 8.22. The maximum Gasteiger partial charge on any atom is 0.416 e. The number of methoxy groups -OCH3 is 1. The highest BCUT2D eigenvalue weighted by Crippen LogP contribution is 2.23. The zero-order valence-corrected chi connectivity index (χ0v) is 15.8. The van der Waals surface area contributed by atoms with Crippen LogP contribution >= 0.6 is 11.6 Å². The van der Waals surface area contributed by atoms with Crippen LogP contribution in [0.1, 0.15) is 36.7 Å². The quantitative estimate of drug-likeness (QED) is 0.580. The Balaban J connectivity index is 2.35. The number of ether oxygens (including phenoxy) is 2. The van der Waals surface area contributed by atoms with Crippen LogP contribution in [0.25, 0.3) is 0 Å². The van der Waals surface area contributed by atoms with Crippen LogP contribution in [0.4, 0.5) is 10.6 Å². The zero-order chi connectivity index (χ0) is 19.3. The monoisotopic (exact) mass is 377 g/mol. The summed E-state index contributed by atoms with van der Waals surface area (Å²) in [5.41, 5.74) is 0.305. The Kier molecular flexibility index (Phi) is 6.15. The van der Waals surface area contributed by atoms with Gasteiger partial charge in [-0.2, -0.15) is 0 Å². The molecule has 2 aromatic rings. The van der Waals surface area contributed by atoms with Crippen molar-refractivity contribution in [3.8, 4) is 5.88 Å². The first-order valence-electron chi connectivity index (χ1n) is 7.84. The molecule has 0 N–H and O–H groups in total. The van der Waals surface area contributed by atoms with Crippen molar-refractivity contribution >= 4 is 29.8 Å². The van der Waals surface area contributed by atoms with Gasteiger partial charge in [-0.25, -0.2) is 14.8 Å². The molecule has 0 spiro atoms. The lowest BCUT2D eigenvalue weighted by Crippen LogP contribution is -2.37. The zero-order valence-electron chi connectivity index (χ0n) is 15.0. The standard InChI is InChI=1S/C18H20ClN3O4/c1-18(2,3)26-17(24)22(10-12-5-8-15(25-4)20-9-12)14-7-6-13(11-23)16(19)21-14/h5-9,11H,10H2,1-4H3. The molecule has 2 aromatic heterocycles. The molecule has 1 amide bonds. The fourth-order valence-electron chi connectivity index (χ4n) is 2.04. The smallest absolute Gasteiger partial charge is 0.416 e. The SMILES string of the molecule is COc1ccc(CN(C(=O)OC(C)(C)C)c2ccc(C=O)c(Cl)n2)cn1. The maximum atomic E-state index is 12.7. The highest BCUT2D eigenvalue weighted by molar-refractivity contribution is 6.31. The van der Waals surface area contributed by atoms with E-state index in [4.69, 9.17) is 21.1 Å². The molecule has 138 valence electrons. The van der Waals surface area contributed by atoms with Crippen LogP contribution in [0, 0.1) is 0 Å². The number of carbonyl (C=O) groups is 2. The molecule has 0 aliphatic rings. The van der Waals surface area contributed by atoms with Gasteiger partial charge in [0.2, 0.25) is 5.88 Å². The molecular weight excluding hydrogens is 358 g/mol. The number of amides is 1. The maximum absolute atomic E-state index is 12.7. The lowest BCUT2D eigenvalue weighted by molar-refractivity contribution is 0.0576. The number of carbonyl (C=O) groups excluding carboxylic acids is 2. The summed E-state index contributed by atoms with van der Waals surface area (Å²) < 4.78 is 10.5. The average Bonchev–Trinajstić information content (AvgIpc) is 2.58. The van der Waals surface area contributed by atoms with Gasteiger partial charge in [-0.15, -0.1) is 0 Å². The van der Waals surface area contributed by atoms with E-state index in [0.717, 1.165) is 5.56 Å². The van der Waals surface area contributed by atoms with Crippen LogP contribution in [-0.2, 0) is 11.3 Å². The van der Waals surface area contributed by atoms with Crippen LogP contribution in [0.5, 0.6) is 5.88 Å². The Morgan fingerprint density at radius 3 is 2.50 bits per heavy atom. The van der Waals surface area contributed by atoms with Crippen molar-refractivity contribution in [2.24, 2.45) is 0 Å². The Morgan fingerprint density at radius 2 is 2.00 bits per heavy atom. The number of aldehydes is 1. The Labute approximate surface area is 156 Å². The molecule has 2 rings (SSSR count). The van der Waals surface area contributed by atoms with Crippen LogP contribution in [0.2, 0.25) is 5.15 Å². The summed E-state index contributed by atoms with van der Waals surface area (Å²) >= 11 is 6.00. The minimum Gasteiger partial charge on any atom is -0.481 e. The first-order chi connectivity index (χ1) is 12.2. The minimum atomic E-state index is -0.681. The van der Waals surface area contributed by atoms with Crippen molar-refractivity contribution < 1.29 is 19.1 Å². The summed E-state index contributed by atoms with van der Waals surface area (Å²) in [7, 11) is 1.52. The lowest BCUT2D eigenvalue weighted by Gasteiger charge is -2.27. The molecule has 0 aromatic carbocycles. The summed E-state index contributed by atoms with van der Waals surface area (Å²) in [5.74, 6) is 0.736. The van der Waals surface area contributed by atoms with Gasteiger partial charge in [-0.3, -0.25) is 9.69 Å². The third-order valence-electron chi connectivity index (χ3n) is 3.23. The molecule has 0 saturated heterocycles. The number of aromatic nitrogens is 2. The largest absolute Gasteiger partial charge is 0.481 e. The van der Waals surface area contributed by atoms with Crippen molar-refractivity contribution in [2.45, 2.75) is 32.9 Å². The van der Waals surface area contributed by atoms with Crippen molar-refractivity contribution in [3.63, 3.8) is 0 Å². The lowest BCUT2D eigenvalue weighted by atomic mass is 10.2.